The van der Waals surface area contributed by atoms with Crippen molar-refractivity contribution in [3.63, 3.8) is 0 Å². The second kappa shape index (κ2) is 3.71. The molecule has 86 valence electrons. The summed E-state index contributed by atoms with van der Waals surface area (Å²) in [4.78, 5) is 0.255. The molecule has 0 saturated carbocycles. The molecule has 0 aromatic heterocycles. The SMILES string of the molecule is C=CCC1(O)CCS(=O)(=O)c2ccccc21. The number of aliphatic hydroxyl groups is 1. The van der Waals surface area contributed by atoms with Crippen molar-refractivity contribution in [2.24, 2.45) is 0 Å². The van der Waals surface area contributed by atoms with Crippen molar-refractivity contribution < 1.29 is 13.5 Å². The Hall–Kier alpha value is -1.13. The summed E-state index contributed by atoms with van der Waals surface area (Å²) in [5.74, 6) is -0.00560. The Balaban J connectivity index is 2.64. The van der Waals surface area contributed by atoms with E-state index >= 15 is 0 Å². The highest BCUT2D eigenvalue weighted by atomic mass is 32.2. The molecule has 1 aliphatic heterocycles. The van der Waals surface area contributed by atoms with Gasteiger partial charge in [-0.1, -0.05) is 24.3 Å². The van der Waals surface area contributed by atoms with Crippen molar-refractivity contribution in [1.82, 2.24) is 0 Å². The summed E-state index contributed by atoms with van der Waals surface area (Å²) >= 11 is 0. The van der Waals surface area contributed by atoms with Crippen LogP contribution in [-0.4, -0.2) is 19.3 Å². The molecule has 0 bridgehead atoms. The molecule has 1 aromatic carbocycles. The Morgan fingerprint density at radius 2 is 2.12 bits per heavy atom. The Bertz CT molecular complexity index is 519. The summed E-state index contributed by atoms with van der Waals surface area (Å²) in [6.45, 7) is 3.60. The van der Waals surface area contributed by atoms with Gasteiger partial charge in [0.1, 0.15) is 0 Å². The van der Waals surface area contributed by atoms with E-state index in [-0.39, 0.29) is 17.1 Å². The Labute approximate surface area is 95.3 Å². The molecule has 1 atom stereocenters. The molecule has 0 radical (unpaired) electrons. The van der Waals surface area contributed by atoms with Crippen LogP contribution in [0, 0.1) is 0 Å². The first-order chi connectivity index (χ1) is 7.49. The minimum Gasteiger partial charge on any atom is -0.385 e. The van der Waals surface area contributed by atoms with Crippen LogP contribution in [0.4, 0.5) is 0 Å². The smallest absolute Gasteiger partial charge is 0.178 e. The van der Waals surface area contributed by atoms with Gasteiger partial charge in [-0.2, -0.15) is 0 Å². The quantitative estimate of drug-likeness (QED) is 0.797. The molecular weight excluding hydrogens is 224 g/mol. The van der Waals surface area contributed by atoms with Gasteiger partial charge in [0, 0.05) is 5.56 Å². The van der Waals surface area contributed by atoms with Gasteiger partial charge < -0.3 is 5.11 Å². The number of fused-ring (bicyclic) bond motifs is 1. The fourth-order valence-corrected chi connectivity index (χ4v) is 3.83. The number of sulfone groups is 1. The van der Waals surface area contributed by atoms with Crippen LogP contribution in [0.25, 0.3) is 0 Å². The lowest BCUT2D eigenvalue weighted by Crippen LogP contribution is -2.34. The molecule has 3 nitrogen and oxygen atoms in total. The topological polar surface area (TPSA) is 54.4 Å². The third-order valence-electron chi connectivity index (χ3n) is 2.99. The number of benzene rings is 1. The Kier molecular flexibility index (Phi) is 2.64. The second-order valence-corrected chi connectivity index (χ2v) is 6.17. The summed E-state index contributed by atoms with van der Waals surface area (Å²) in [7, 11) is -3.23. The Morgan fingerprint density at radius 3 is 2.81 bits per heavy atom. The average Bonchev–Trinajstić information content (AvgIpc) is 2.26. The summed E-state index contributed by atoms with van der Waals surface area (Å²) in [6.07, 6.45) is 2.23. The van der Waals surface area contributed by atoms with E-state index in [1.54, 1.807) is 30.3 Å². The molecule has 2 rings (SSSR count). The van der Waals surface area contributed by atoms with Crippen LogP contribution in [0.5, 0.6) is 0 Å². The average molecular weight is 238 g/mol. The van der Waals surface area contributed by atoms with Gasteiger partial charge in [-0.25, -0.2) is 8.42 Å². The zero-order valence-electron chi connectivity index (χ0n) is 8.89. The van der Waals surface area contributed by atoms with E-state index in [9.17, 15) is 13.5 Å². The predicted octanol–water partition coefficient (Wildman–Crippen LogP) is 1.63. The van der Waals surface area contributed by atoms with E-state index in [0.29, 0.717) is 12.0 Å². The van der Waals surface area contributed by atoms with Crippen LogP contribution >= 0.6 is 0 Å². The molecule has 1 unspecified atom stereocenters. The van der Waals surface area contributed by atoms with Crippen LogP contribution in [0.3, 0.4) is 0 Å². The third kappa shape index (κ3) is 1.68. The lowest BCUT2D eigenvalue weighted by molar-refractivity contribution is 0.0312. The first-order valence-corrected chi connectivity index (χ1v) is 6.80. The highest BCUT2D eigenvalue weighted by molar-refractivity contribution is 7.91. The molecule has 1 aromatic rings. The highest BCUT2D eigenvalue weighted by Gasteiger charge is 2.39. The molecule has 16 heavy (non-hydrogen) atoms. The standard InChI is InChI=1S/C12H14O3S/c1-2-7-12(13)8-9-16(14,15)11-6-4-3-5-10(11)12/h2-6,13H,1,7-9H2. The minimum atomic E-state index is -3.23. The van der Waals surface area contributed by atoms with Gasteiger partial charge >= 0.3 is 0 Å². The molecule has 1 aliphatic rings. The monoisotopic (exact) mass is 238 g/mol. The molecule has 0 spiro atoms. The van der Waals surface area contributed by atoms with E-state index < -0.39 is 15.4 Å². The number of hydrogen-bond donors (Lipinski definition) is 1. The molecular formula is C12H14O3S. The summed E-state index contributed by atoms with van der Waals surface area (Å²) in [5.41, 5.74) is -0.579. The molecule has 0 aliphatic carbocycles. The summed E-state index contributed by atoms with van der Waals surface area (Å²) < 4.78 is 23.7. The molecule has 1 N–H and O–H groups in total. The summed E-state index contributed by atoms with van der Waals surface area (Å²) in [5, 5.41) is 10.4. The first kappa shape index (κ1) is 11.4. The maximum atomic E-state index is 11.8. The van der Waals surface area contributed by atoms with Crippen molar-refractivity contribution >= 4 is 9.84 Å². The zero-order chi connectivity index (χ0) is 11.8. The lowest BCUT2D eigenvalue weighted by atomic mass is 9.87. The van der Waals surface area contributed by atoms with E-state index in [4.69, 9.17) is 0 Å². The second-order valence-electron chi connectivity index (χ2n) is 4.09. The molecule has 0 saturated heterocycles. The number of rotatable bonds is 2. The fourth-order valence-electron chi connectivity index (χ4n) is 2.12. The maximum Gasteiger partial charge on any atom is 0.178 e. The van der Waals surface area contributed by atoms with E-state index in [1.165, 1.54) is 0 Å². The normalized spacial score (nSPS) is 27.1. The minimum absolute atomic E-state index is 0.00560. The predicted molar refractivity (Wildman–Crippen MR) is 61.8 cm³/mol. The van der Waals surface area contributed by atoms with Gasteiger partial charge in [-0.3, -0.25) is 0 Å². The van der Waals surface area contributed by atoms with Crippen molar-refractivity contribution in [3.8, 4) is 0 Å². The number of hydrogen-bond acceptors (Lipinski definition) is 3. The van der Waals surface area contributed by atoms with Gasteiger partial charge in [-0.05, 0) is 18.9 Å². The van der Waals surface area contributed by atoms with Crippen molar-refractivity contribution in [2.75, 3.05) is 5.75 Å². The maximum absolute atomic E-state index is 11.8. The third-order valence-corrected chi connectivity index (χ3v) is 4.76. The van der Waals surface area contributed by atoms with Gasteiger partial charge in [0.25, 0.3) is 0 Å². The zero-order valence-corrected chi connectivity index (χ0v) is 9.70. The van der Waals surface area contributed by atoms with Crippen LogP contribution in [0.2, 0.25) is 0 Å². The van der Waals surface area contributed by atoms with Gasteiger partial charge in [0.2, 0.25) is 0 Å². The van der Waals surface area contributed by atoms with Gasteiger partial charge in [0.05, 0.1) is 16.2 Å². The van der Waals surface area contributed by atoms with Crippen LogP contribution < -0.4 is 0 Å². The van der Waals surface area contributed by atoms with Gasteiger partial charge in [-0.15, -0.1) is 6.58 Å². The Morgan fingerprint density at radius 1 is 1.44 bits per heavy atom. The van der Waals surface area contributed by atoms with Crippen molar-refractivity contribution in [1.29, 1.82) is 0 Å². The highest BCUT2D eigenvalue weighted by Crippen LogP contribution is 2.39. The van der Waals surface area contributed by atoms with Gasteiger partial charge in [0.15, 0.2) is 9.84 Å². The van der Waals surface area contributed by atoms with E-state index in [0.717, 1.165) is 0 Å². The summed E-state index contributed by atoms with van der Waals surface area (Å²) in [6, 6.07) is 6.65. The molecule has 4 heteroatoms. The molecule has 1 heterocycles. The van der Waals surface area contributed by atoms with Crippen LogP contribution in [-0.2, 0) is 15.4 Å². The van der Waals surface area contributed by atoms with Crippen LogP contribution in [0.1, 0.15) is 18.4 Å². The van der Waals surface area contributed by atoms with E-state index in [1.807, 2.05) is 0 Å². The first-order valence-electron chi connectivity index (χ1n) is 5.15. The van der Waals surface area contributed by atoms with E-state index in [2.05, 4.69) is 6.58 Å². The molecule has 0 fully saturated rings. The molecule has 0 amide bonds. The largest absolute Gasteiger partial charge is 0.385 e. The van der Waals surface area contributed by atoms with Crippen molar-refractivity contribution in [2.45, 2.75) is 23.3 Å². The fraction of sp³-hybridized carbons (Fsp3) is 0.333. The van der Waals surface area contributed by atoms with Crippen molar-refractivity contribution in [3.05, 3.63) is 42.5 Å². The van der Waals surface area contributed by atoms with Crippen LogP contribution in [0.15, 0.2) is 41.8 Å². The lowest BCUT2D eigenvalue weighted by Gasteiger charge is -2.33.